The fourth-order valence-electron chi connectivity index (χ4n) is 0.747. The van der Waals surface area contributed by atoms with Crippen LogP contribution < -0.4 is 11.1 Å². The summed E-state index contributed by atoms with van der Waals surface area (Å²) in [5.74, 6) is 0.910. The van der Waals surface area contributed by atoms with Crippen molar-refractivity contribution in [1.82, 2.24) is 25.9 Å². The van der Waals surface area contributed by atoms with Gasteiger partial charge in [-0.25, -0.2) is 4.99 Å². The van der Waals surface area contributed by atoms with Gasteiger partial charge in [0.1, 0.15) is 6.54 Å². The Labute approximate surface area is 75.8 Å². The van der Waals surface area contributed by atoms with Crippen LogP contribution in [0.3, 0.4) is 0 Å². The van der Waals surface area contributed by atoms with Crippen LogP contribution in [0.5, 0.6) is 0 Å². The highest BCUT2D eigenvalue weighted by Crippen LogP contribution is 1.86. The lowest BCUT2D eigenvalue weighted by molar-refractivity contribution is 0.721. The number of hydrogen-bond acceptors (Lipinski definition) is 4. The quantitative estimate of drug-likeness (QED) is 0.412. The van der Waals surface area contributed by atoms with E-state index in [1.807, 2.05) is 13.8 Å². The van der Waals surface area contributed by atoms with Crippen molar-refractivity contribution in [2.24, 2.45) is 10.7 Å². The Balaban J connectivity index is 2.39. The summed E-state index contributed by atoms with van der Waals surface area (Å²) in [5.41, 5.74) is 5.54. The van der Waals surface area contributed by atoms with E-state index in [0.29, 0.717) is 18.3 Å². The predicted octanol–water partition coefficient (Wildman–Crippen LogP) is -0.988. The highest BCUT2D eigenvalue weighted by Gasteiger charge is 1.97. The smallest absolute Gasteiger partial charge is 0.196 e. The number of nitrogens with two attached hydrogens (primary N) is 1. The van der Waals surface area contributed by atoms with E-state index in [1.54, 1.807) is 0 Å². The van der Waals surface area contributed by atoms with Gasteiger partial charge in [0.25, 0.3) is 0 Å². The number of aromatic nitrogens is 4. The lowest BCUT2D eigenvalue weighted by Crippen LogP contribution is -2.36. The third-order valence-electron chi connectivity index (χ3n) is 1.22. The van der Waals surface area contributed by atoms with Gasteiger partial charge in [0.2, 0.25) is 0 Å². The Kier molecular flexibility index (Phi) is 3.18. The van der Waals surface area contributed by atoms with Crippen LogP contribution in [0.2, 0.25) is 0 Å². The maximum atomic E-state index is 5.54. The second-order valence-corrected chi connectivity index (χ2v) is 2.83. The fourth-order valence-corrected chi connectivity index (χ4v) is 0.747. The molecule has 0 bridgehead atoms. The van der Waals surface area contributed by atoms with Gasteiger partial charge in [-0.1, -0.05) is 5.21 Å². The van der Waals surface area contributed by atoms with Gasteiger partial charge in [0.15, 0.2) is 11.8 Å². The number of nitrogens with one attached hydrogen (secondary N) is 2. The van der Waals surface area contributed by atoms with Gasteiger partial charge in [-0.15, -0.1) is 10.2 Å². The van der Waals surface area contributed by atoms with Gasteiger partial charge >= 0.3 is 0 Å². The number of nitrogens with zero attached hydrogens (tertiary/aromatic N) is 4. The molecular formula is C6H13N7. The Morgan fingerprint density at radius 1 is 1.69 bits per heavy atom. The normalized spacial score (nSPS) is 12.1. The molecule has 0 radical (unpaired) electrons. The Morgan fingerprint density at radius 2 is 2.46 bits per heavy atom. The molecule has 0 fully saturated rings. The minimum atomic E-state index is 0.272. The number of H-pyrrole nitrogens is 1. The van der Waals surface area contributed by atoms with Crippen molar-refractivity contribution >= 4 is 5.96 Å². The number of aliphatic imine (C=N–C) groups is 1. The lowest BCUT2D eigenvalue weighted by atomic mass is 10.4. The second-order valence-electron chi connectivity index (χ2n) is 2.83. The summed E-state index contributed by atoms with van der Waals surface area (Å²) < 4.78 is 0. The molecule has 0 saturated carbocycles. The first-order valence-electron chi connectivity index (χ1n) is 3.97. The maximum absolute atomic E-state index is 5.54. The molecule has 0 unspecified atom stereocenters. The molecule has 0 saturated heterocycles. The van der Waals surface area contributed by atoms with Gasteiger partial charge in [-0.2, -0.15) is 5.21 Å². The molecule has 72 valence electrons. The first-order chi connectivity index (χ1) is 6.18. The molecule has 0 aliphatic carbocycles. The molecule has 0 aromatic carbocycles. The van der Waals surface area contributed by atoms with Gasteiger partial charge in [0, 0.05) is 6.04 Å². The first kappa shape index (κ1) is 9.43. The number of rotatable bonds is 3. The van der Waals surface area contributed by atoms with Crippen LogP contribution in [0.25, 0.3) is 0 Å². The molecule has 0 aliphatic heterocycles. The summed E-state index contributed by atoms with van der Waals surface area (Å²) in [6, 6.07) is 0.272. The number of guanidine groups is 1. The molecule has 0 spiro atoms. The highest BCUT2D eigenvalue weighted by molar-refractivity contribution is 5.77. The molecule has 1 aromatic rings. The van der Waals surface area contributed by atoms with E-state index in [1.165, 1.54) is 0 Å². The van der Waals surface area contributed by atoms with Gasteiger partial charge < -0.3 is 11.1 Å². The minimum Gasteiger partial charge on any atom is -0.370 e. The van der Waals surface area contributed by atoms with Crippen molar-refractivity contribution in [3.05, 3.63) is 5.82 Å². The van der Waals surface area contributed by atoms with Crippen LogP contribution in [0.15, 0.2) is 4.99 Å². The summed E-state index contributed by atoms with van der Waals surface area (Å²) >= 11 is 0. The molecule has 1 heterocycles. The SMILES string of the molecule is CC(C)NC(N)=NCc1nn[nH]n1. The van der Waals surface area contributed by atoms with Crippen LogP contribution in [0.1, 0.15) is 19.7 Å². The topological polar surface area (TPSA) is 105 Å². The van der Waals surface area contributed by atoms with Gasteiger partial charge in [-0.3, -0.25) is 0 Å². The van der Waals surface area contributed by atoms with Crippen molar-refractivity contribution in [3.63, 3.8) is 0 Å². The van der Waals surface area contributed by atoms with Crippen molar-refractivity contribution in [3.8, 4) is 0 Å². The molecule has 0 aliphatic rings. The van der Waals surface area contributed by atoms with Crippen LogP contribution in [0, 0.1) is 0 Å². The molecule has 1 rings (SSSR count). The first-order valence-corrected chi connectivity index (χ1v) is 3.97. The van der Waals surface area contributed by atoms with E-state index in [9.17, 15) is 0 Å². The molecule has 0 amide bonds. The number of hydrogen-bond donors (Lipinski definition) is 3. The molecule has 7 nitrogen and oxygen atoms in total. The van der Waals surface area contributed by atoms with Crippen molar-refractivity contribution in [2.45, 2.75) is 26.4 Å². The number of tetrazole rings is 1. The summed E-state index contributed by atoms with van der Waals surface area (Å²) in [6.07, 6.45) is 0. The molecule has 0 atom stereocenters. The summed E-state index contributed by atoms with van der Waals surface area (Å²) in [4.78, 5) is 4.01. The van der Waals surface area contributed by atoms with Gasteiger partial charge in [-0.05, 0) is 13.8 Å². The lowest BCUT2D eigenvalue weighted by Gasteiger charge is -2.07. The van der Waals surface area contributed by atoms with E-state index in [0.717, 1.165) is 0 Å². The molecular weight excluding hydrogens is 170 g/mol. The molecule has 7 heteroatoms. The van der Waals surface area contributed by atoms with E-state index >= 15 is 0 Å². The summed E-state index contributed by atoms with van der Waals surface area (Å²) in [6.45, 7) is 4.30. The third kappa shape index (κ3) is 3.50. The molecule has 4 N–H and O–H groups in total. The molecule has 1 aromatic heterocycles. The van der Waals surface area contributed by atoms with E-state index in [-0.39, 0.29) is 6.04 Å². The Bertz CT molecular complexity index is 263. The van der Waals surface area contributed by atoms with E-state index in [2.05, 4.69) is 30.9 Å². The standard InChI is InChI=1S/C6H13N7/c1-4(2)9-6(7)8-3-5-10-12-13-11-5/h4H,3H2,1-2H3,(H3,7,8,9)(H,10,11,12,13). The zero-order valence-corrected chi connectivity index (χ0v) is 7.65. The van der Waals surface area contributed by atoms with Crippen LogP contribution in [-0.2, 0) is 6.54 Å². The monoisotopic (exact) mass is 183 g/mol. The van der Waals surface area contributed by atoms with Crippen LogP contribution in [0.4, 0.5) is 0 Å². The summed E-state index contributed by atoms with van der Waals surface area (Å²) in [5, 5.41) is 16.1. The van der Waals surface area contributed by atoms with Crippen molar-refractivity contribution in [2.75, 3.05) is 0 Å². The zero-order chi connectivity index (χ0) is 9.68. The van der Waals surface area contributed by atoms with E-state index in [4.69, 9.17) is 5.73 Å². The third-order valence-corrected chi connectivity index (χ3v) is 1.22. The highest BCUT2D eigenvalue weighted by atomic mass is 15.5. The minimum absolute atomic E-state index is 0.272. The second kappa shape index (κ2) is 4.39. The fraction of sp³-hybridized carbons (Fsp3) is 0.667. The van der Waals surface area contributed by atoms with Crippen molar-refractivity contribution in [1.29, 1.82) is 0 Å². The average Bonchev–Trinajstić information content (AvgIpc) is 2.51. The van der Waals surface area contributed by atoms with Gasteiger partial charge in [0.05, 0.1) is 0 Å². The van der Waals surface area contributed by atoms with Crippen molar-refractivity contribution < 1.29 is 0 Å². The Hall–Kier alpha value is -1.66. The van der Waals surface area contributed by atoms with Crippen LogP contribution in [-0.4, -0.2) is 32.6 Å². The Morgan fingerprint density at radius 3 is 3.00 bits per heavy atom. The molecule has 13 heavy (non-hydrogen) atoms. The summed E-state index contributed by atoms with van der Waals surface area (Å²) in [7, 11) is 0. The van der Waals surface area contributed by atoms with E-state index < -0.39 is 0 Å². The number of aromatic amines is 1. The average molecular weight is 183 g/mol. The van der Waals surface area contributed by atoms with Crippen LogP contribution >= 0.6 is 0 Å². The predicted molar refractivity (Wildman–Crippen MR) is 47.8 cm³/mol. The largest absolute Gasteiger partial charge is 0.370 e. The zero-order valence-electron chi connectivity index (χ0n) is 7.65. The maximum Gasteiger partial charge on any atom is 0.196 e.